The molecule has 3 aromatic rings. The van der Waals surface area contributed by atoms with Crippen molar-refractivity contribution in [3.05, 3.63) is 72.5 Å². The van der Waals surface area contributed by atoms with Crippen LogP contribution in [-0.2, 0) is 10.1 Å². The lowest BCUT2D eigenvalue weighted by molar-refractivity contribution is 0.485. The number of hydrogen-bond donors (Lipinski definition) is 0. The second-order valence-corrected chi connectivity index (χ2v) is 6.05. The lowest BCUT2D eigenvalue weighted by atomic mass is 10.1. The second-order valence-electron chi connectivity index (χ2n) is 4.50. The van der Waals surface area contributed by atoms with Gasteiger partial charge in [0.25, 0.3) is 0 Å². The summed E-state index contributed by atoms with van der Waals surface area (Å²) in [4.78, 5) is -0.212. The predicted molar refractivity (Wildman–Crippen MR) is 78.2 cm³/mol. The van der Waals surface area contributed by atoms with Gasteiger partial charge in [0.1, 0.15) is 16.5 Å². The Bertz CT molecular complexity index is 904. The zero-order valence-corrected chi connectivity index (χ0v) is 11.7. The van der Waals surface area contributed by atoms with Crippen molar-refractivity contribution in [1.29, 1.82) is 0 Å². The van der Waals surface area contributed by atoms with E-state index >= 15 is 0 Å². The molecule has 0 bridgehead atoms. The third-order valence-electron chi connectivity index (χ3n) is 3.01. The smallest absolute Gasteiger partial charge is 0.339 e. The first-order valence-corrected chi connectivity index (χ1v) is 7.64. The van der Waals surface area contributed by atoms with Crippen LogP contribution in [0.15, 0.2) is 71.6 Å². The third kappa shape index (κ3) is 2.87. The van der Waals surface area contributed by atoms with Crippen LogP contribution in [0.3, 0.4) is 0 Å². The summed E-state index contributed by atoms with van der Waals surface area (Å²) >= 11 is 0. The van der Waals surface area contributed by atoms with Gasteiger partial charge in [0.2, 0.25) is 0 Å². The molecule has 0 fully saturated rings. The molecular weight excluding hydrogens is 291 g/mol. The standard InChI is InChI=1S/C16H11FO3S/c17-14-6-3-7-16(11-14)21(18,19)20-15-9-8-12-4-1-2-5-13(12)10-15/h1-11H. The van der Waals surface area contributed by atoms with Crippen LogP contribution in [0.25, 0.3) is 10.8 Å². The first-order chi connectivity index (χ1) is 10.0. The van der Waals surface area contributed by atoms with Crippen molar-refractivity contribution in [3.63, 3.8) is 0 Å². The fraction of sp³-hybridized carbons (Fsp3) is 0. The number of halogens is 1. The molecule has 3 aromatic carbocycles. The highest BCUT2D eigenvalue weighted by Crippen LogP contribution is 2.24. The maximum absolute atomic E-state index is 13.1. The summed E-state index contributed by atoms with van der Waals surface area (Å²) in [6.45, 7) is 0. The Morgan fingerprint density at radius 3 is 2.33 bits per heavy atom. The summed E-state index contributed by atoms with van der Waals surface area (Å²) in [6, 6.07) is 17.2. The Morgan fingerprint density at radius 1 is 0.810 bits per heavy atom. The van der Waals surface area contributed by atoms with Crippen molar-refractivity contribution in [1.82, 2.24) is 0 Å². The van der Waals surface area contributed by atoms with Crippen LogP contribution in [0, 0.1) is 5.82 Å². The maximum Gasteiger partial charge on any atom is 0.339 e. The van der Waals surface area contributed by atoms with Crippen molar-refractivity contribution in [3.8, 4) is 5.75 Å². The lowest BCUT2D eigenvalue weighted by Crippen LogP contribution is -2.09. The van der Waals surface area contributed by atoms with Crippen molar-refractivity contribution in [2.75, 3.05) is 0 Å². The average Bonchev–Trinajstić information content (AvgIpc) is 2.47. The summed E-state index contributed by atoms with van der Waals surface area (Å²) in [7, 11) is -4.04. The van der Waals surface area contributed by atoms with E-state index in [2.05, 4.69) is 0 Å². The predicted octanol–water partition coefficient (Wildman–Crippen LogP) is 3.75. The minimum atomic E-state index is -4.04. The molecule has 0 N–H and O–H groups in total. The Morgan fingerprint density at radius 2 is 1.57 bits per heavy atom. The molecular formula is C16H11FO3S. The molecule has 0 saturated carbocycles. The van der Waals surface area contributed by atoms with Crippen LogP contribution < -0.4 is 4.18 Å². The zero-order valence-electron chi connectivity index (χ0n) is 10.9. The highest BCUT2D eigenvalue weighted by molar-refractivity contribution is 7.87. The van der Waals surface area contributed by atoms with Crippen LogP contribution in [0.4, 0.5) is 4.39 Å². The summed E-state index contributed by atoms with van der Waals surface area (Å²) < 4.78 is 42.4. The summed E-state index contributed by atoms with van der Waals surface area (Å²) in [6.07, 6.45) is 0. The molecule has 0 radical (unpaired) electrons. The SMILES string of the molecule is O=S(=O)(Oc1ccc2ccccc2c1)c1cccc(F)c1. The van der Waals surface area contributed by atoms with Gasteiger partial charge in [0.05, 0.1) is 0 Å². The Kier molecular flexibility index (Phi) is 3.35. The van der Waals surface area contributed by atoms with Crippen molar-refractivity contribution >= 4 is 20.9 Å². The first kappa shape index (κ1) is 13.6. The molecule has 0 aliphatic rings. The molecule has 106 valence electrons. The van der Waals surface area contributed by atoms with E-state index in [4.69, 9.17) is 4.18 Å². The van der Waals surface area contributed by atoms with Gasteiger partial charge in [-0.3, -0.25) is 0 Å². The van der Waals surface area contributed by atoms with E-state index in [0.717, 1.165) is 16.8 Å². The molecule has 0 atom stereocenters. The molecule has 0 heterocycles. The molecule has 0 aliphatic heterocycles. The fourth-order valence-corrected chi connectivity index (χ4v) is 2.97. The van der Waals surface area contributed by atoms with Crippen LogP contribution in [-0.4, -0.2) is 8.42 Å². The van der Waals surface area contributed by atoms with Gasteiger partial charge in [-0.2, -0.15) is 8.42 Å². The van der Waals surface area contributed by atoms with Gasteiger partial charge in [-0.05, 0) is 41.1 Å². The van der Waals surface area contributed by atoms with E-state index in [1.807, 2.05) is 24.3 Å². The van der Waals surface area contributed by atoms with Crippen LogP contribution in [0.1, 0.15) is 0 Å². The molecule has 0 amide bonds. The minimum absolute atomic E-state index is 0.193. The number of fused-ring (bicyclic) bond motifs is 1. The van der Waals surface area contributed by atoms with Crippen molar-refractivity contribution < 1.29 is 17.0 Å². The number of hydrogen-bond acceptors (Lipinski definition) is 3. The van der Waals surface area contributed by atoms with Gasteiger partial charge in [-0.15, -0.1) is 0 Å². The van der Waals surface area contributed by atoms with Gasteiger partial charge < -0.3 is 4.18 Å². The largest absolute Gasteiger partial charge is 0.379 e. The first-order valence-electron chi connectivity index (χ1n) is 6.23. The normalized spacial score (nSPS) is 11.5. The van der Waals surface area contributed by atoms with Gasteiger partial charge in [0, 0.05) is 0 Å². The zero-order chi connectivity index (χ0) is 14.9. The fourth-order valence-electron chi connectivity index (χ4n) is 2.02. The molecule has 0 aliphatic carbocycles. The van der Waals surface area contributed by atoms with Gasteiger partial charge >= 0.3 is 10.1 Å². The minimum Gasteiger partial charge on any atom is -0.379 e. The van der Waals surface area contributed by atoms with E-state index in [1.54, 1.807) is 18.2 Å². The third-order valence-corrected chi connectivity index (χ3v) is 4.25. The highest BCUT2D eigenvalue weighted by atomic mass is 32.2. The van der Waals surface area contributed by atoms with Gasteiger partial charge in [-0.1, -0.05) is 36.4 Å². The average molecular weight is 302 g/mol. The highest BCUT2D eigenvalue weighted by Gasteiger charge is 2.17. The Labute approximate surface area is 121 Å². The van der Waals surface area contributed by atoms with Crippen LogP contribution in [0.2, 0.25) is 0 Å². The molecule has 0 unspecified atom stereocenters. The lowest BCUT2D eigenvalue weighted by Gasteiger charge is -2.08. The molecule has 3 rings (SSSR count). The molecule has 21 heavy (non-hydrogen) atoms. The molecule has 0 aromatic heterocycles. The second kappa shape index (κ2) is 5.18. The Balaban J connectivity index is 1.97. The topological polar surface area (TPSA) is 43.4 Å². The summed E-state index contributed by atoms with van der Waals surface area (Å²) in [5, 5.41) is 1.84. The molecule has 3 nitrogen and oxygen atoms in total. The van der Waals surface area contributed by atoms with Crippen molar-refractivity contribution in [2.45, 2.75) is 4.90 Å². The number of rotatable bonds is 3. The van der Waals surface area contributed by atoms with Crippen LogP contribution >= 0.6 is 0 Å². The molecule has 0 saturated heterocycles. The summed E-state index contributed by atoms with van der Waals surface area (Å²) in [5.74, 6) is -0.434. The van der Waals surface area contributed by atoms with Crippen LogP contribution in [0.5, 0.6) is 5.75 Å². The van der Waals surface area contributed by atoms with Gasteiger partial charge in [-0.25, -0.2) is 4.39 Å². The monoisotopic (exact) mass is 302 g/mol. The van der Waals surface area contributed by atoms with E-state index in [0.29, 0.717) is 0 Å². The van der Waals surface area contributed by atoms with E-state index < -0.39 is 15.9 Å². The number of benzene rings is 3. The van der Waals surface area contributed by atoms with Gasteiger partial charge in [0.15, 0.2) is 0 Å². The van der Waals surface area contributed by atoms with E-state index in [-0.39, 0.29) is 10.6 Å². The molecule has 5 heteroatoms. The van der Waals surface area contributed by atoms with E-state index in [1.165, 1.54) is 18.2 Å². The summed E-state index contributed by atoms with van der Waals surface area (Å²) in [5.41, 5.74) is 0. The van der Waals surface area contributed by atoms with Crippen molar-refractivity contribution in [2.24, 2.45) is 0 Å². The maximum atomic E-state index is 13.1. The van der Waals surface area contributed by atoms with E-state index in [9.17, 15) is 12.8 Å². The Hall–Kier alpha value is -2.40. The molecule has 0 spiro atoms. The quantitative estimate of drug-likeness (QED) is 0.692.